The van der Waals surface area contributed by atoms with Crippen LogP contribution in [0.1, 0.15) is 40.4 Å². The monoisotopic (exact) mass is 465 g/mol. The lowest BCUT2D eigenvalue weighted by molar-refractivity contribution is -0.122. The topological polar surface area (TPSA) is 122 Å². The van der Waals surface area contributed by atoms with E-state index in [1.807, 2.05) is 60.7 Å². The zero-order valence-corrected chi connectivity index (χ0v) is 18.5. The molecular formula is C25H24ClN3O4. The maximum absolute atomic E-state index is 12.7. The standard InChI is InChI=1S/C25H24ClN3O4/c26-18-11-13-21(19(15-18)25(32)33)28-24(31)20(27)12-14-22(30)29-23(16-7-3-1-4-8-16)17-9-5-2-6-10-17/h1-11,13,15,20,23H,12,14,27H2,(H,28,31)(H,29,30)(H,32,33). The van der Waals surface area contributed by atoms with Crippen molar-refractivity contribution in [3.8, 4) is 0 Å². The highest BCUT2D eigenvalue weighted by atomic mass is 35.5. The first-order valence-corrected chi connectivity index (χ1v) is 10.7. The van der Waals surface area contributed by atoms with E-state index < -0.39 is 17.9 Å². The van der Waals surface area contributed by atoms with E-state index >= 15 is 0 Å². The van der Waals surface area contributed by atoms with E-state index in [1.165, 1.54) is 18.2 Å². The molecule has 33 heavy (non-hydrogen) atoms. The molecule has 0 aliphatic rings. The third-order valence-corrected chi connectivity index (χ3v) is 5.30. The van der Waals surface area contributed by atoms with Gasteiger partial charge in [0.25, 0.3) is 0 Å². The van der Waals surface area contributed by atoms with Gasteiger partial charge >= 0.3 is 5.97 Å². The zero-order valence-electron chi connectivity index (χ0n) is 17.7. The van der Waals surface area contributed by atoms with Gasteiger partial charge in [0, 0.05) is 11.4 Å². The third kappa shape index (κ3) is 6.65. The fraction of sp³-hybridized carbons (Fsp3) is 0.160. The number of carboxylic acids is 1. The van der Waals surface area contributed by atoms with E-state index in [4.69, 9.17) is 17.3 Å². The Balaban J connectivity index is 1.61. The van der Waals surface area contributed by atoms with Crippen LogP contribution < -0.4 is 16.4 Å². The molecule has 7 nitrogen and oxygen atoms in total. The first-order valence-electron chi connectivity index (χ1n) is 10.3. The van der Waals surface area contributed by atoms with Crippen molar-refractivity contribution in [2.75, 3.05) is 5.32 Å². The van der Waals surface area contributed by atoms with E-state index in [0.717, 1.165) is 11.1 Å². The van der Waals surface area contributed by atoms with Crippen LogP contribution in [0.25, 0.3) is 0 Å². The molecule has 0 aliphatic carbocycles. The molecule has 3 rings (SSSR count). The summed E-state index contributed by atoms with van der Waals surface area (Å²) in [5, 5.41) is 15.0. The van der Waals surface area contributed by atoms with Crippen LogP contribution in [-0.4, -0.2) is 28.9 Å². The number of carboxylic acid groups (broad SMARTS) is 1. The quantitative estimate of drug-likeness (QED) is 0.380. The molecule has 8 heteroatoms. The summed E-state index contributed by atoms with van der Waals surface area (Å²) in [5.74, 6) is -2.07. The molecule has 0 saturated heterocycles. The van der Waals surface area contributed by atoms with Gasteiger partial charge in [-0.25, -0.2) is 4.79 Å². The Hall–Kier alpha value is -3.68. The fourth-order valence-electron chi connectivity index (χ4n) is 3.33. The molecule has 0 fully saturated rings. The van der Waals surface area contributed by atoms with Crippen molar-refractivity contribution in [2.24, 2.45) is 5.73 Å². The number of benzene rings is 3. The lowest BCUT2D eigenvalue weighted by Gasteiger charge is -2.20. The SMILES string of the molecule is NC(CCC(=O)NC(c1ccccc1)c1ccccc1)C(=O)Nc1ccc(Cl)cc1C(=O)O. The van der Waals surface area contributed by atoms with E-state index in [1.54, 1.807) is 0 Å². The van der Waals surface area contributed by atoms with Crippen molar-refractivity contribution in [2.45, 2.75) is 24.9 Å². The maximum atomic E-state index is 12.7. The predicted octanol–water partition coefficient (Wildman–Crippen LogP) is 3.99. The highest BCUT2D eigenvalue weighted by molar-refractivity contribution is 6.31. The van der Waals surface area contributed by atoms with Crippen LogP contribution in [0.4, 0.5) is 5.69 Å². The van der Waals surface area contributed by atoms with E-state index in [9.17, 15) is 19.5 Å². The van der Waals surface area contributed by atoms with Gasteiger partial charge in [-0.15, -0.1) is 0 Å². The van der Waals surface area contributed by atoms with Gasteiger partial charge in [-0.1, -0.05) is 72.3 Å². The number of hydrogen-bond donors (Lipinski definition) is 4. The van der Waals surface area contributed by atoms with Crippen LogP contribution in [0.15, 0.2) is 78.9 Å². The minimum absolute atomic E-state index is 0.0250. The lowest BCUT2D eigenvalue weighted by Crippen LogP contribution is -2.38. The molecule has 0 aliphatic heterocycles. The molecule has 3 aromatic rings. The summed E-state index contributed by atoms with van der Waals surface area (Å²) in [6, 6.07) is 21.9. The minimum atomic E-state index is -1.23. The average molecular weight is 466 g/mol. The van der Waals surface area contributed by atoms with Gasteiger partial charge in [-0.2, -0.15) is 0 Å². The smallest absolute Gasteiger partial charge is 0.337 e. The molecule has 0 saturated carbocycles. The number of carbonyl (C=O) groups is 3. The molecular weight excluding hydrogens is 442 g/mol. The van der Waals surface area contributed by atoms with Gasteiger partial charge in [0.2, 0.25) is 11.8 Å². The molecule has 170 valence electrons. The van der Waals surface area contributed by atoms with Crippen LogP contribution >= 0.6 is 11.6 Å². The number of anilines is 1. The number of carbonyl (C=O) groups excluding carboxylic acids is 2. The van der Waals surface area contributed by atoms with Gasteiger partial charge in [0.1, 0.15) is 0 Å². The second kappa shape index (κ2) is 11.3. The highest BCUT2D eigenvalue weighted by Crippen LogP contribution is 2.23. The van der Waals surface area contributed by atoms with Crippen LogP contribution in [0.5, 0.6) is 0 Å². The van der Waals surface area contributed by atoms with Crippen molar-refractivity contribution >= 4 is 35.1 Å². The van der Waals surface area contributed by atoms with Gasteiger partial charge in [-0.05, 0) is 35.7 Å². The Morgan fingerprint density at radius 1 is 0.909 bits per heavy atom. The summed E-state index contributed by atoms with van der Waals surface area (Å²) in [6.45, 7) is 0. The van der Waals surface area contributed by atoms with Crippen LogP contribution in [-0.2, 0) is 9.59 Å². The van der Waals surface area contributed by atoms with Crippen LogP contribution in [0.3, 0.4) is 0 Å². The first kappa shape index (κ1) is 24.0. The van der Waals surface area contributed by atoms with E-state index in [-0.39, 0.29) is 41.1 Å². The Labute approximate surface area is 196 Å². The fourth-order valence-corrected chi connectivity index (χ4v) is 3.50. The second-order valence-corrected chi connectivity index (χ2v) is 7.89. The van der Waals surface area contributed by atoms with Crippen LogP contribution in [0.2, 0.25) is 5.02 Å². The summed E-state index contributed by atoms with van der Waals surface area (Å²) in [7, 11) is 0. The molecule has 0 bridgehead atoms. The number of rotatable bonds is 9. The largest absolute Gasteiger partial charge is 0.478 e. The first-order chi connectivity index (χ1) is 15.8. The number of amides is 2. The van der Waals surface area contributed by atoms with Crippen LogP contribution in [0, 0.1) is 0 Å². The minimum Gasteiger partial charge on any atom is -0.478 e. The van der Waals surface area contributed by atoms with Gasteiger partial charge in [0.15, 0.2) is 0 Å². The molecule has 5 N–H and O–H groups in total. The number of aromatic carboxylic acids is 1. The van der Waals surface area contributed by atoms with Crippen molar-refractivity contribution in [3.05, 3.63) is 101 Å². The third-order valence-electron chi connectivity index (χ3n) is 5.06. The number of halogens is 1. The van der Waals surface area contributed by atoms with Gasteiger partial charge in [0.05, 0.1) is 23.3 Å². The Kier molecular flexibility index (Phi) is 8.18. The number of nitrogens with one attached hydrogen (secondary N) is 2. The zero-order chi connectivity index (χ0) is 23.8. The predicted molar refractivity (Wildman–Crippen MR) is 127 cm³/mol. The van der Waals surface area contributed by atoms with Crippen molar-refractivity contribution in [1.82, 2.24) is 5.32 Å². The lowest BCUT2D eigenvalue weighted by atomic mass is 9.98. The molecule has 0 aromatic heterocycles. The number of nitrogens with two attached hydrogens (primary N) is 1. The summed E-state index contributed by atoms with van der Waals surface area (Å²) >= 11 is 5.83. The van der Waals surface area contributed by atoms with Crippen molar-refractivity contribution < 1.29 is 19.5 Å². The average Bonchev–Trinajstić information content (AvgIpc) is 2.83. The van der Waals surface area contributed by atoms with Crippen molar-refractivity contribution in [3.63, 3.8) is 0 Å². The molecule has 0 heterocycles. The maximum Gasteiger partial charge on any atom is 0.337 e. The Bertz CT molecular complexity index is 1080. The normalized spacial score (nSPS) is 11.6. The molecule has 3 aromatic carbocycles. The summed E-state index contributed by atoms with van der Waals surface area (Å²) in [5.41, 5.74) is 7.77. The molecule has 2 amide bonds. The van der Waals surface area contributed by atoms with E-state index in [2.05, 4.69) is 10.6 Å². The van der Waals surface area contributed by atoms with Gasteiger partial charge < -0.3 is 21.5 Å². The van der Waals surface area contributed by atoms with Gasteiger partial charge in [-0.3, -0.25) is 9.59 Å². The van der Waals surface area contributed by atoms with E-state index in [0.29, 0.717) is 0 Å². The highest BCUT2D eigenvalue weighted by Gasteiger charge is 2.21. The Morgan fingerprint density at radius 3 is 2.03 bits per heavy atom. The molecule has 0 spiro atoms. The number of hydrogen-bond acceptors (Lipinski definition) is 4. The molecule has 1 atom stereocenters. The second-order valence-electron chi connectivity index (χ2n) is 7.45. The van der Waals surface area contributed by atoms with Crippen molar-refractivity contribution in [1.29, 1.82) is 0 Å². The summed E-state index contributed by atoms with van der Waals surface area (Å²) < 4.78 is 0. The summed E-state index contributed by atoms with van der Waals surface area (Å²) in [4.78, 5) is 36.5. The summed E-state index contributed by atoms with van der Waals surface area (Å²) in [6.07, 6.45) is 0.112. The molecule has 1 unspecified atom stereocenters. The Morgan fingerprint density at radius 2 is 1.48 bits per heavy atom. The molecule has 0 radical (unpaired) electrons.